The van der Waals surface area contributed by atoms with Crippen LogP contribution < -0.4 is 5.32 Å². The van der Waals surface area contributed by atoms with Gasteiger partial charge in [-0.15, -0.1) is 0 Å². The Balaban J connectivity index is 2.02. The quantitative estimate of drug-likeness (QED) is 0.687. The summed E-state index contributed by atoms with van der Waals surface area (Å²) in [6.07, 6.45) is 0. The van der Waals surface area contributed by atoms with E-state index < -0.39 is 5.97 Å². The van der Waals surface area contributed by atoms with Gasteiger partial charge in [-0.2, -0.15) is 0 Å². The Morgan fingerprint density at radius 3 is 2.54 bits per heavy atom. The number of benzene rings is 2. The van der Waals surface area contributed by atoms with Crippen molar-refractivity contribution >= 4 is 44.6 Å². The summed E-state index contributed by atoms with van der Waals surface area (Å²) in [7, 11) is 1.29. The minimum absolute atomic E-state index is 0.282. The fraction of sp³-hybridized carbons (Fsp3) is 0.118. The molecule has 3 rings (SSSR count). The number of fused-ring (bicyclic) bond motifs is 1. The number of aryl methyl sites for hydroxylation is 1. The number of carbonyl (C=O) groups excluding carboxylic acids is 2. The van der Waals surface area contributed by atoms with E-state index in [1.165, 1.54) is 13.2 Å². The summed E-state index contributed by atoms with van der Waals surface area (Å²) in [5.41, 5.74) is 2.00. The van der Waals surface area contributed by atoms with Crippen LogP contribution in [0.15, 0.2) is 45.3 Å². The maximum absolute atomic E-state index is 12.4. The van der Waals surface area contributed by atoms with Crippen molar-refractivity contribution in [2.45, 2.75) is 6.92 Å². The number of esters is 1. The second kappa shape index (κ2) is 6.45. The molecular formula is C17H13BrN2O4. The molecule has 0 unspecified atom stereocenters. The minimum Gasteiger partial charge on any atom is -0.465 e. The van der Waals surface area contributed by atoms with Gasteiger partial charge < -0.3 is 14.5 Å². The van der Waals surface area contributed by atoms with Crippen LogP contribution in [-0.4, -0.2) is 24.0 Å². The molecule has 0 atom stereocenters. The highest BCUT2D eigenvalue weighted by Gasteiger charge is 2.17. The number of ether oxygens (including phenoxy) is 1. The van der Waals surface area contributed by atoms with E-state index in [1.807, 2.05) is 0 Å². The first-order valence-electron chi connectivity index (χ1n) is 7.04. The molecule has 0 saturated carbocycles. The van der Waals surface area contributed by atoms with Crippen LogP contribution in [0.4, 0.5) is 5.69 Å². The number of rotatable bonds is 3. The molecule has 0 radical (unpaired) electrons. The average Bonchev–Trinajstić information content (AvgIpc) is 2.95. The van der Waals surface area contributed by atoms with Crippen LogP contribution in [0.25, 0.3) is 11.1 Å². The molecule has 0 spiro atoms. The molecule has 24 heavy (non-hydrogen) atoms. The van der Waals surface area contributed by atoms with Crippen LogP contribution in [0.3, 0.4) is 0 Å². The molecule has 1 N–H and O–H groups in total. The molecule has 2 aromatic carbocycles. The number of halogens is 1. The Hall–Kier alpha value is -2.67. The lowest BCUT2D eigenvalue weighted by atomic mass is 10.1. The van der Waals surface area contributed by atoms with Crippen molar-refractivity contribution < 1.29 is 18.7 Å². The van der Waals surface area contributed by atoms with Gasteiger partial charge in [0.1, 0.15) is 5.52 Å². The third kappa shape index (κ3) is 3.16. The molecule has 7 heteroatoms. The fourth-order valence-corrected chi connectivity index (χ4v) is 2.53. The Morgan fingerprint density at radius 1 is 1.17 bits per heavy atom. The fourth-order valence-electron chi connectivity index (χ4n) is 2.27. The highest BCUT2D eigenvalue weighted by molar-refractivity contribution is 9.10. The van der Waals surface area contributed by atoms with Gasteiger partial charge in [0, 0.05) is 17.0 Å². The third-order valence-corrected chi connectivity index (χ3v) is 3.90. The van der Waals surface area contributed by atoms with Crippen molar-refractivity contribution in [3.8, 4) is 0 Å². The second-order valence-corrected chi connectivity index (χ2v) is 5.97. The summed E-state index contributed by atoms with van der Waals surface area (Å²) < 4.78 is 11.1. The van der Waals surface area contributed by atoms with Crippen LogP contribution in [0.1, 0.15) is 26.6 Å². The van der Waals surface area contributed by atoms with Gasteiger partial charge in [0.15, 0.2) is 11.5 Å². The van der Waals surface area contributed by atoms with E-state index in [9.17, 15) is 9.59 Å². The van der Waals surface area contributed by atoms with Gasteiger partial charge in [-0.1, -0.05) is 15.9 Å². The molecule has 1 heterocycles. The highest BCUT2D eigenvalue weighted by atomic mass is 79.9. The number of carbonyl (C=O) groups is 2. The lowest BCUT2D eigenvalue weighted by Gasteiger charge is -2.08. The number of hydrogen-bond donors (Lipinski definition) is 1. The van der Waals surface area contributed by atoms with Gasteiger partial charge in [0.05, 0.1) is 18.4 Å². The lowest BCUT2D eigenvalue weighted by molar-refractivity contribution is 0.0600. The molecule has 1 aromatic heterocycles. The standard InChI is InChI=1S/C17H13BrN2O4/c1-9-19-13-7-11(17(22)23-2)8-14(15(13)24-9)20-16(21)10-3-5-12(18)6-4-10/h3-8H,1-2H3,(H,20,21). The van der Waals surface area contributed by atoms with Crippen molar-refractivity contribution in [1.82, 2.24) is 4.98 Å². The maximum atomic E-state index is 12.4. The zero-order valence-electron chi connectivity index (χ0n) is 12.9. The largest absolute Gasteiger partial charge is 0.465 e. The Morgan fingerprint density at radius 2 is 1.88 bits per heavy atom. The molecule has 6 nitrogen and oxygen atoms in total. The first-order chi connectivity index (χ1) is 11.5. The topological polar surface area (TPSA) is 81.4 Å². The van der Waals surface area contributed by atoms with Crippen molar-refractivity contribution in [2.75, 3.05) is 12.4 Å². The summed E-state index contributed by atoms with van der Waals surface area (Å²) in [6, 6.07) is 9.99. The van der Waals surface area contributed by atoms with Crippen LogP contribution in [0.5, 0.6) is 0 Å². The van der Waals surface area contributed by atoms with Crippen molar-refractivity contribution in [3.63, 3.8) is 0 Å². The van der Waals surface area contributed by atoms with E-state index in [2.05, 4.69) is 26.2 Å². The number of hydrogen-bond acceptors (Lipinski definition) is 5. The van der Waals surface area contributed by atoms with E-state index in [1.54, 1.807) is 37.3 Å². The Bertz CT molecular complexity index is 932. The predicted octanol–water partition coefficient (Wildman–Crippen LogP) is 3.94. The summed E-state index contributed by atoms with van der Waals surface area (Å²) in [5.74, 6) is -0.400. The van der Waals surface area contributed by atoms with Gasteiger partial charge in [0.25, 0.3) is 5.91 Å². The minimum atomic E-state index is -0.517. The van der Waals surface area contributed by atoms with E-state index in [0.29, 0.717) is 28.2 Å². The average molecular weight is 389 g/mol. The molecule has 122 valence electrons. The normalized spacial score (nSPS) is 10.6. The Kier molecular flexibility index (Phi) is 4.35. The smallest absolute Gasteiger partial charge is 0.338 e. The van der Waals surface area contributed by atoms with Crippen LogP contribution in [0.2, 0.25) is 0 Å². The van der Waals surface area contributed by atoms with Gasteiger partial charge in [-0.25, -0.2) is 9.78 Å². The van der Waals surface area contributed by atoms with E-state index in [4.69, 9.17) is 9.15 Å². The first kappa shape index (κ1) is 16.2. The van der Waals surface area contributed by atoms with Gasteiger partial charge in [-0.05, 0) is 36.4 Å². The molecule has 3 aromatic rings. The number of methoxy groups -OCH3 is 1. The molecule has 1 amide bonds. The van der Waals surface area contributed by atoms with Crippen LogP contribution >= 0.6 is 15.9 Å². The van der Waals surface area contributed by atoms with E-state index in [-0.39, 0.29) is 11.5 Å². The Labute approximate surface area is 145 Å². The van der Waals surface area contributed by atoms with Gasteiger partial charge in [-0.3, -0.25) is 4.79 Å². The first-order valence-corrected chi connectivity index (χ1v) is 7.83. The maximum Gasteiger partial charge on any atom is 0.338 e. The van der Waals surface area contributed by atoms with Crippen molar-refractivity contribution in [1.29, 1.82) is 0 Å². The third-order valence-electron chi connectivity index (χ3n) is 3.37. The number of oxazole rings is 1. The zero-order valence-corrected chi connectivity index (χ0v) is 14.5. The molecule has 0 aliphatic heterocycles. The van der Waals surface area contributed by atoms with Crippen molar-refractivity contribution in [2.24, 2.45) is 0 Å². The molecule has 0 saturated heterocycles. The van der Waals surface area contributed by atoms with Crippen LogP contribution in [-0.2, 0) is 4.74 Å². The molecule has 0 bridgehead atoms. The van der Waals surface area contributed by atoms with Crippen LogP contribution in [0, 0.1) is 6.92 Å². The van der Waals surface area contributed by atoms with Gasteiger partial charge >= 0.3 is 5.97 Å². The highest BCUT2D eigenvalue weighted by Crippen LogP contribution is 2.27. The molecule has 0 fully saturated rings. The number of anilines is 1. The monoisotopic (exact) mass is 388 g/mol. The number of amides is 1. The summed E-state index contributed by atoms with van der Waals surface area (Å²) >= 11 is 3.32. The van der Waals surface area contributed by atoms with Crippen molar-refractivity contribution in [3.05, 3.63) is 57.9 Å². The van der Waals surface area contributed by atoms with E-state index in [0.717, 1.165) is 4.47 Å². The second-order valence-electron chi connectivity index (χ2n) is 5.06. The van der Waals surface area contributed by atoms with Gasteiger partial charge in [0.2, 0.25) is 0 Å². The SMILES string of the molecule is COC(=O)c1cc(NC(=O)c2ccc(Br)cc2)c2oc(C)nc2c1. The zero-order chi connectivity index (χ0) is 17.3. The molecule has 0 aliphatic rings. The predicted molar refractivity (Wildman–Crippen MR) is 92.2 cm³/mol. The summed E-state index contributed by atoms with van der Waals surface area (Å²) in [5, 5.41) is 2.76. The van der Waals surface area contributed by atoms with E-state index >= 15 is 0 Å². The number of aromatic nitrogens is 1. The molecular weight excluding hydrogens is 376 g/mol. The number of nitrogens with zero attached hydrogens (tertiary/aromatic N) is 1. The summed E-state index contributed by atoms with van der Waals surface area (Å²) in [6.45, 7) is 1.69. The summed E-state index contributed by atoms with van der Waals surface area (Å²) in [4.78, 5) is 28.4. The lowest BCUT2D eigenvalue weighted by Crippen LogP contribution is -2.13. The molecule has 0 aliphatic carbocycles. The number of nitrogens with one attached hydrogen (secondary N) is 1.